The minimum atomic E-state index is -0.0129. The third kappa shape index (κ3) is 3.65. The standard InChI is InChI=1S/C20H23N3O2/c1-13-5-6-14(2)23(13)18-9-7-17(8-10-18)21-20(24)12-11-19-15(3)22-25-16(19)4/h5-10H,11-12H2,1-4H3,(H,21,24). The van der Waals surface area contributed by atoms with E-state index in [9.17, 15) is 4.79 Å². The first kappa shape index (κ1) is 17.0. The molecule has 3 rings (SSSR count). The van der Waals surface area contributed by atoms with Crippen molar-refractivity contribution < 1.29 is 9.32 Å². The molecule has 3 aromatic rings. The van der Waals surface area contributed by atoms with E-state index in [1.54, 1.807) is 0 Å². The maximum Gasteiger partial charge on any atom is 0.224 e. The van der Waals surface area contributed by atoms with Crippen LogP contribution in [0.5, 0.6) is 0 Å². The summed E-state index contributed by atoms with van der Waals surface area (Å²) in [6, 6.07) is 12.1. The van der Waals surface area contributed by atoms with E-state index in [4.69, 9.17) is 4.52 Å². The highest BCUT2D eigenvalue weighted by Crippen LogP contribution is 2.19. The molecule has 2 heterocycles. The zero-order chi connectivity index (χ0) is 18.0. The van der Waals surface area contributed by atoms with Crippen LogP contribution in [-0.2, 0) is 11.2 Å². The summed E-state index contributed by atoms with van der Waals surface area (Å²) in [5.74, 6) is 0.771. The van der Waals surface area contributed by atoms with Crippen LogP contribution in [0.15, 0.2) is 40.9 Å². The number of carbonyl (C=O) groups excluding carboxylic acids is 1. The fourth-order valence-electron chi connectivity index (χ4n) is 3.09. The normalized spacial score (nSPS) is 10.9. The molecule has 1 amide bonds. The van der Waals surface area contributed by atoms with Gasteiger partial charge in [0.2, 0.25) is 5.91 Å². The van der Waals surface area contributed by atoms with Gasteiger partial charge in [-0.15, -0.1) is 0 Å². The molecule has 0 saturated carbocycles. The Morgan fingerprint density at radius 1 is 1.04 bits per heavy atom. The van der Waals surface area contributed by atoms with Crippen molar-refractivity contribution in [3.05, 3.63) is 64.8 Å². The van der Waals surface area contributed by atoms with Crippen molar-refractivity contribution in [2.75, 3.05) is 5.32 Å². The Balaban J connectivity index is 1.62. The van der Waals surface area contributed by atoms with Gasteiger partial charge in [0.25, 0.3) is 0 Å². The van der Waals surface area contributed by atoms with Gasteiger partial charge in [-0.3, -0.25) is 4.79 Å². The largest absolute Gasteiger partial charge is 0.361 e. The third-order valence-corrected chi connectivity index (χ3v) is 4.46. The molecule has 0 aliphatic heterocycles. The van der Waals surface area contributed by atoms with E-state index in [0.717, 1.165) is 28.4 Å². The summed E-state index contributed by atoms with van der Waals surface area (Å²) in [5, 5.41) is 6.86. The lowest BCUT2D eigenvalue weighted by atomic mass is 10.1. The maximum absolute atomic E-state index is 12.2. The van der Waals surface area contributed by atoms with E-state index in [-0.39, 0.29) is 5.91 Å². The van der Waals surface area contributed by atoms with Gasteiger partial charge in [0, 0.05) is 34.7 Å². The van der Waals surface area contributed by atoms with Crippen LogP contribution in [0, 0.1) is 27.7 Å². The van der Waals surface area contributed by atoms with Crippen LogP contribution in [0.3, 0.4) is 0 Å². The van der Waals surface area contributed by atoms with Crippen LogP contribution < -0.4 is 5.32 Å². The second-order valence-corrected chi connectivity index (χ2v) is 6.35. The van der Waals surface area contributed by atoms with E-state index in [0.29, 0.717) is 12.8 Å². The van der Waals surface area contributed by atoms with Crippen molar-refractivity contribution in [2.24, 2.45) is 0 Å². The Morgan fingerprint density at radius 2 is 1.68 bits per heavy atom. The molecule has 0 fully saturated rings. The molecular formula is C20H23N3O2. The predicted molar refractivity (Wildman–Crippen MR) is 98.2 cm³/mol. The number of aryl methyl sites for hydroxylation is 4. The molecule has 0 aliphatic carbocycles. The summed E-state index contributed by atoms with van der Waals surface area (Å²) >= 11 is 0. The SMILES string of the molecule is Cc1noc(C)c1CCC(=O)Nc1ccc(-n2c(C)ccc2C)cc1. The Hall–Kier alpha value is -2.82. The Bertz CT molecular complexity index is 849. The summed E-state index contributed by atoms with van der Waals surface area (Å²) in [7, 11) is 0. The number of hydrogen-bond donors (Lipinski definition) is 1. The molecule has 0 bridgehead atoms. The Labute approximate surface area is 147 Å². The second kappa shape index (κ2) is 6.97. The first-order valence-electron chi connectivity index (χ1n) is 8.42. The Morgan fingerprint density at radius 3 is 2.24 bits per heavy atom. The summed E-state index contributed by atoms with van der Waals surface area (Å²) in [6.45, 7) is 7.93. The number of aromatic nitrogens is 2. The van der Waals surface area contributed by atoms with Gasteiger partial charge in [0.15, 0.2) is 0 Å². The van der Waals surface area contributed by atoms with E-state index in [1.165, 1.54) is 11.4 Å². The molecule has 0 saturated heterocycles. The summed E-state index contributed by atoms with van der Waals surface area (Å²) in [6.07, 6.45) is 1.04. The van der Waals surface area contributed by atoms with Gasteiger partial charge >= 0.3 is 0 Å². The molecule has 25 heavy (non-hydrogen) atoms. The van der Waals surface area contributed by atoms with Crippen molar-refractivity contribution in [3.63, 3.8) is 0 Å². The van der Waals surface area contributed by atoms with Crippen molar-refractivity contribution in [3.8, 4) is 5.69 Å². The van der Waals surface area contributed by atoms with Gasteiger partial charge in [0.05, 0.1) is 5.69 Å². The van der Waals surface area contributed by atoms with Gasteiger partial charge in [0.1, 0.15) is 5.76 Å². The van der Waals surface area contributed by atoms with Crippen LogP contribution >= 0.6 is 0 Å². The highest BCUT2D eigenvalue weighted by molar-refractivity contribution is 5.90. The number of carbonyl (C=O) groups is 1. The minimum Gasteiger partial charge on any atom is -0.361 e. The predicted octanol–water partition coefficient (Wildman–Crippen LogP) is 4.27. The van der Waals surface area contributed by atoms with Gasteiger partial charge in [-0.2, -0.15) is 0 Å². The smallest absolute Gasteiger partial charge is 0.224 e. The van der Waals surface area contributed by atoms with Crippen molar-refractivity contribution in [1.29, 1.82) is 0 Å². The zero-order valence-corrected chi connectivity index (χ0v) is 15.1. The lowest BCUT2D eigenvalue weighted by Gasteiger charge is -2.11. The molecule has 5 heteroatoms. The topological polar surface area (TPSA) is 60.1 Å². The first-order chi connectivity index (χ1) is 12.0. The number of rotatable bonds is 5. The average Bonchev–Trinajstić information content (AvgIpc) is 3.08. The monoisotopic (exact) mass is 337 g/mol. The Kier molecular flexibility index (Phi) is 4.74. The van der Waals surface area contributed by atoms with Crippen molar-refractivity contribution in [1.82, 2.24) is 9.72 Å². The number of hydrogen-bond acceptors (Lipinski definition) is 3. The van der Waals surface area contributed by atoms with E-state index >= 15 is 0 Å². The van der Waals surface area contributed by atoms with Gasteiger partial charge in [-0.1, -0.05) is 5.16 Å². The van der Waals surface area contributed by atoms with Gasteiger partial charge in [-0.25, -0.2) is 0 Å². The molecule has 0 radical (unpaired) electrons. The minimum absolute atomic E-state index is 0.0129. The maximum atomic E-state index is 12.2. The summed E-state index contributed by atoms with van der Waals surface area (Å²) in [4.78, 5) is 12.2. The van der Waals surface area contributed by atoms with Crippen LogP contribution in [0.2, 0.25) is 0 Å². The lowest BCUT2D eigenvalue weighted by molar-refractivity contribution is -0.116. The van der Waals surface area contributed by atoms with E-state index in [2.05, 4.69) is 41.0 Å². The summed E-state index contributed by atoms with van der Waals surface area (Å²) < 4.78 is 7.31. The second-order valence-electron chi connectivity index (χ2n) is 6.35. The number of nitrogens with one attached hydrogen (secondary N) is 1. The first-order valence-corrected chi connectivity index (χ1v) is 8.42. The van der Waals surface area contributed by atoms with Crippen LogP contribution in [0.25, 0.3) is 5.69 Å². The van der Waals surface area contributed by atoms with Crippen molar-refractivity contribution in [2.45, 2.75) is 40.5 Å². The molecule has 0 aliphatic rings. The molecular weight excluding hydrogens is 314 g/mol. The number of benzene rings is 1. The third-order valence-electron chi connectivity index (χ3n) is 4.46. The lowest BCUT2D eigenvalue weighted by Crippen LogP contribution is -2.12. The molecule has 130 valence electrons. The highest BCUT2D eigenvalue weighted by atomic mass is 16.5. The van der Waals surface area contributed by atoms with Crippen LogP contribution in [0.1, 0.15) is 34.8 Å². The van der Waals surface area contributed by atoms with Gasteiger partial charge in [-0.05, 0) is 70.5 Å². The molecule has 0 unspecified atom stereocenters. The number of anilines is 1. The van der Waals surface area contributed by atoms with Crippen LogP contribution in [-0.4, -0.2) is 15.6 Å². The molecule has 0 atom stereocenters. The average molecular weight is 337 g/mol. The summed E-state index contributed by atoms with van der Waals surface area (Å²) in [5.41, 5.74) is 6.14. The fraction of sp³-hybridized carbons (Fsp3) is 0.300. The zero-order valence-electron chi connectivity index (χ0n) is 15.1. The molecule has 1 aromatic carbocycles. The molecule has 2 aromatic heterocycles. The van der Waals surface area contributed by atoms with Crippen molar-refractivity contribution >= 4 is 11.6 Å². The van der Waals surface area contributed by atoms with Crippen LogP contribution in [0.4, 0.5) is 5.69 Å². The van der Waals surface area contributed by atoms with Gasteiger partial charge < -0.3 is 14.4 Å². The molecule has 5 nitrogen and oxygen atoms in total. The molecule has 1 N–H and O–H groups in total. The fourth-order valence-corrected chi connectivity index (χ4v) is 3.09. The number of nitrogens with zero attached hydrogens (tertiary/aromatic N) is 2. The number of amides is 1. The highest BCUT2D eigenvalue weighted by Gasteiger charge is 2.11. The molecule has 0 spiro atoms. The van der Waals surface area contributed by atoms with E-state index in [1.807, 2.05) is 38.1 Å². The van der Waals surface area contributed by atoms with E-state index < -0.39 is 0 Å². The quantitative estimate of drug-likeness (QED) is 0.756.